The lowest BCUT2D eigenvalue weighted by atomic mass is 9.78. The van der Waals surface area contributed by atoms with Crippen molar-refractivity contribution in [3.8, 4) is 11.1 Å². The zero-order valence-electron chi connectivity index (χ0n) is 17.5. The third kappa shape index (κ3) is 5.00. The lowest BCUT2D eigenvalue weighted by Crippen LogP contribution is -2.14. The van der Waals surface area contributed by atoms with Gasteiger partial charge >= 0.3 is 0 Å². The van der Waals surface area contributed by atoms with E-state index in [0.29, 0.717) is 11.8 Å². The Morgan fingerprint density at radius 3 is 1.73 bits per heavy atom. The minimum atomic E-state index is 0. The standard InChI is InChI=1S/C25H36.CH4/c1-9-10-21-15-19(17(2)3)11-13-22(21)23-14-12-20(18(4)5)16-24(23)25(6,7)8;/h11-18H,9-10H2,1-8H3;1H4. The predicted molar refractivity (Wildman–Crippen MR) is 119 cm³/mol. The Balaban J connectivity index is 0.00000338. The van der Waals surface area contributed by atoms with Crippen molar-refractivity contribution in [1.82, 2.24) is 0 Å². The molecular formula is C26H40. The molecule has 0 saturated carbocycles. The molecule has 2 aromatic rings. The van der Waals surface area contributed by atoms with Crippen LogP contribution in [0.1, 0.15) is 103 Å². The molecule has 0 N–H and O–H groups in total. The minimum Gasteiger partial charge on any atom is -0.0776 e. The fourth-order valence-corrected chi connectivity index (χ4v) is 3.49. The molecular weight excluding hydrogens is 312 g/mol. The van der Waals surface area contributed by atoms with Crippen LogP contribution in [0, 0.1) is 0 Å². The summed E-state index contributed by atoms with van der Waals surface area (Å²) in [5, 5.41) is 0. The van der Waals surface area contributed by atoms with Crippen LogP contribution in [0.4, 0.5) is 0 Å². The molecule has 2 rings (SSSR count). The van der Waals surface area contributed by atoms with Crippen molar-refractivity contribution in [1.29, 1.82) is 0 Å². The number of hydrogen-bond donors (Lipinski definition) is 0. The second-order valence-corrected chi connectivity index (χ2v) is 9.03. The van der Waals surface area contributed by atoms with Crippen LogP contribution in [-0.2, 0) is 11.8 Å². The second kappa shape index (κ2) is 8.89. The number of benzene rings is 2. The summed E-state index contributed by atoms with van der Waals surface area (Å²) in [4.78, 5) is 0. The van der Waals surface area contributed by atoms with Crippen LogP contribution in [0.2, 0.25) is 0 Å². The van der Waals surface area contributed by atoms with Crippen molar-refractivity contribution in [2.45, 2.75) is 92.9 Å². The average molecular weight is 353 g/mol. The zero-order valence-corrected chi connectivity index (χ0v) is 17.5. The first kappa shape index (κ1) is 22.5. The zero-order chi connectivity index (χ0) is 18.8. The lowest BCUT2D eigenvalue weighted by Gasteiger charge is -2.26. The van der Waals surface area contributed by atoms with E-state index in [1.165, 1.54) is 39.8 Å². The Labute approximate surface area is 163 Å². The van der Waals surface area contributed by atoms with E-state index in [4.69, 9.17) is 0 Å². The van der Waals surface area contributed by atoms with Crippen molar-refractivity contribution in [2.24, 2.45) is 0 Å². The molecule has 0 nitrogen and oxygen atoms in total. The quantitative estimate of drug-likeness (QED) is 0.506. The molecule has 0 radical (unpaired) electrons. The Kier molecular flexibility index (Phi) is 7.69. The predicted octanol–water partition coefficient (Wildman–Crippen LogP) is 8.49. The summed E-state index contributed by atoms with van der Waals surface area (Å²) in [6.45, 7) is 18.4. The molecule has 0 heterocycles. The number of hydrogen-bond acceptors (Lipinski definition) is 0. The summed E-state index contributed by atoms with van der Waals surface area (Å²) in [7, 11) is 0. The van der Waals surface area contributed by atoms with Crippen LogP contribution < -0.4 is 0 Å². The summed E-state index contributed by atoms with van der Waals surface area (Å²) >= 11 is 0. The van der Waals surface area contributed by atoms with Gasteiger partial charge in [-0.25, -0.2) is 0 Å². The Morgan fingerprint density at radius 1 is 0.769 bits per heavy atom. The van der Waals surface area contributed by atoms with Gasteiger partial charge in [0, 0.05) is 0 Å². The topological polar surface area (TPSA) is 0 Å². The Bertz CT molecular complexity index is 711. The molecule has 144 valence electrons. The van der Waals surface area contributed by atoms with Crippen molar-refractivity contribution in [3.05, 3.63) is 58.7 Å². The molecule has 0 bridgehead atoms. The maximum atomic E-state index is 2.44. The SMILES string of the molecule is C.CCCc1cc(C(C)C)ccc1-c1ccc(C(C)C)cc1C(C)(C)C. The Morgan fingerprint density at radius 2 is 1.27 bits per heavy atom. The van der Waals surface area contributed by atoms with E-state index in [1.807, 2.05) is 0 Å². The van der Waals surface area contributed by atoms with Crippen LogP contribution >= 0.6 is 0 Å². The van der Waals surface area contributed by atoms with Gasteiger partial charge in [0.05, 0.1) is 0 Å². The Hall–Kier alpha value is -1.56. The van der Waals surface area contributed by atoms with E-state index in [1.54, 1.807) is 0 Å². The summed E-state index contributed by atoms with van der Waals surface area (Å²) in [5.74, 6) is 1.14. The van der Waals surface area contributed by atoms with Crippen molar-refractivity contribution < 1.29 is 0 Å². The molecule has 2 aromatic carbocycles. The first-order valence-corrected chi connectivity index (χ1v) is 9.92. The molecule has 0 aliphatic carbocycles. The third-order valence-corrected chi connectivity index (χ3v) is 5.12. The normalized spacial score (nSPS) is 11.8. The first-order chi connectivity index (χ1) is 11.6. The van der Waals surface area contributed by atoms with Gasteiger partial charge in [-0.05, 0) is 57.1 Å². The fourth-order valence-electron chi connectivity index (χ4n) is 3.49. The van der Waals surface area contributed by atoms with Crippen molar-refractivity contribution in [2.75, 3.05) is 0 Å². The fraction of sp³-hybridized carbons (Fsp3) is 0.538. The molecule has 0 heteroatoms. The van der Waals surface area contributed by atoms with E-state index >= 15 is 0 Å². The number of aryl methyl sites for hydroxylation is 1. The van der Waals surface area contributed by atoms with Gasteiger partial charge in [-0.2, -0.15) is 0 Å². The monoisotopic (exact) mass is 352 g/mol. The second-order valence-electron chi connectivity index (χ2n) is 9.03. The van der Waals surface area contributed by atoms with Crippen LogP contribution in [-0.4, -0.2) is 0 Å². The van der Waals surface area contributed by atoms with Gasteiger partial charge in [0.1, 0.15) is 0 Å². The van der Waals surface area contributed by atoms with E-state index < -0.39 is 0 Å². The van der Waals surface area contributed by atoms with Crippen LogP contribution in [0.5, 0.6) is 0 Å². The van der Waals surface area contributed by atoms with Crippen molar-refractivity contribution >= 4 is 0 Å². The van der Waals surface area contributed by atoms with Crippen LogP contribution in [0.15, 0.2) is 36.4 Å². The van der Waals surface area contributed by atoms with Gasteiger partial charge in [0.25, 0.3) is 0 Å². The maximum Gasteiger partial charge on any atom is -0.0126 e. The summed E-state index contributed by atoms with van der Waals surface area (Å²) in [6.07, 6.45) is 2.33. The summed E-state index contributed by atoms with van der Waals surface area (Å²) < 4.78 is 0. The largest absolute Gasteiger partial charge is 0.0776 e. The molecule has 0 aliphatic rings. The maximum absolute atomic E-state index is 2.44. The summed E-state index contributed by atoms with van der Waals surface area (Å²) in [5.41, 5.74) is 8.82. The average Bonchev–Trinajstić information content (AvgIpc) is 2.53. The molecule has 0 atom stereocenters. The highest BCUT2D eigenvalue weighted by molar-refractivity contribution is 5.73. The molecule has 0 fully saturated rings. The van der Waals surface area contributed by atoms with E-state index in [-0.39, 0.29) is 12.8 Å². The highest BCUT2D eigenvalue weighted by Gasteiger charge is 2.21. The van der Waals surface area contributed by atoms with Gasteiger partial charge in [-0.3, -0.25) is 0 Å². The number of rotatable bonds is 5. The van der Waals surface area contributed by atoms with Crippen LogP contribution in [0.3, 0.4) is 0 Å². The lowest BCUT2D eigenvalue weighted by molar-refractivity contribution is 0.590. The van der Waals surface area contributed by atoms with E-state index in [0.717, 1.165) is 6.42 Å². The smallest absolute Gasteiger partial charge is 0.0126 e. The highest BCUT2D eigenvalue weighted by atomic mass is 14.3. The van der Waals surface area contributed by atoms with Gasteiger partial charge in [-0.1, -0.05) is 106 Å². The van der Waals surface area contributed by atoms with Crippen LogP contribution in [0.25, 0.3) is 11.1 Å². The molecule has 0 unspecified atom stereocenters. The highest BCUT2D eigenvalue weighted by Crippen LogP contribution is 2.37. The van der Waals surface area contributed by atoms with Gasteiger partial charge in [0.15, 0.2) is 0 Å². The van der Waals surface area contributed by atoms with Gasteiger partial charge in [0.2, 0.25) is 0 Å². The third-order valence-electron chi connectivity index (χ3n) is 5.12. The van der Waals surface area contributed by atoms with E-state index in [2.05, 4.69) is 91.8 Å². The first-order valence-electron chi connectivity index (χ1n) is 9.92. The molecule has 26 heavy (non-hydrogen) atoms. The van der Waals surface area contributed by atoms with E-state index in [9.17, 15) is 0 Å². The molecule has 0 aliphatic heterocycles. The van der Waals surface area contributed by atoms with Gasteiger partial charge in [-0.15, -0.1) is 0 Å². The molecule has 0 spiro atoms. The van der Waals surface area contributed by atoms with Gasteiger partial charge < -0.3 is 0 Å². The molecule has 0 amide bonds. The minimum absolute atomic E-state index is 0. The molecule has 0 saturated heterocycles. The summed E-state index contributed by atoms with van der Waals surface area (Å²) in [6, 6.07) is 14.2. The van der Waals surface area contributed by atoms with Crippen molar-refractivity contribution in [3.63, 3.8) is 0 Å². The molecule has 0 aromatic heterocycles.